The van der Waals surface area contributed by atoms with Crippen molar-refractivity contribution >= 4 is 5.91 Å². The Hall–Kier alpha value is -2.43. The Balaban J connectivity index is 1.39. The van der Waals surface area contributed by atoms with Crippen LogP contribution in [0, 0.1) is 12.8 Å². The third-order valence-corrected chi connectivity index (χ3v) is 5.53. The maximum atomic E-state index is 13.1. The fourth-order valence-corrected chi connectivity index (χ4v) is 4.06. The highest BCUT2D eigenvalue weighted by Gasteiger charge is 2.31. The number of para-hydroxylation sites is 1. The molecule has 0 saturated carbocycles. The van der Waals surface area contributed by atoms with Crippen LogP contribution in [0.5, 0.6) is 5.75 Å². The average Bonchev–Trinajstić information content (AvgIpc) is 2.90. The number of carbonyl (C=O) groups excluding carboxylic acids is 1. The van der Waals surface area contributed by atoms with Crippen LogP contribution in [0.3, 0.4) is 0 Å². The number of benzene rings is 1. The molecular formula is C21H25N3O2. The van der Waals surface area contributed by atoms with Crippen molar-refractivity contribution in [3.05, 3.63) is 53.6 Å². The highest BCUT2D eigenvalue weighted by Crippen LogP contribution is 2.30. The number of fused-ring (bicyclic) bond motifs is 1. The lowest BCUT2D eigenvalue weighted by Gasteiger charge is -2.34. The highest BCUT2D eigenvalue weighted by atomic mass is 16.5. The van der Waals surface area contributed by atoms with Gasteiger partial charge in [0.25, 0.3) is 0 Å². The van der Waals surface area contributed by atoms with Gasteiger partial charge in [-0.1, -0.05) is 18.2 Å². The van der Waals surface area contributed by atoms with Gasteiger partial charge in [-0.05, 0) is 50.3 Å². The molecule has 2 aliphatic heterocycles. The molecule has 1 saturated heterocycles. The third-order valence-electron chi connectivity index (χ3n) is 5.53. The minimum Gasteiger partial charge on any atom is -0.493 e. The predicted octanol–water partition coefficient (Wildman–Crippen LogP) is 3.13. The van der Waals surface area contributed by atoms with Gasteiger partial charge in [-0.25, -0.2) is 9.97 Å². The summed E-state index contributed by atoms with van der Waals surface area (Å²) in [5.41, 5.74) is 2.26. The van der Waals surface area contributed by atoms with Gasteiger partial charge in [0.2, 0.25) is 5.91 Å². The summed E-state index contributed by atoms with van der Waals surface area (Å²) in [5.74, 6) is 2.48. The Morgan fingerprint density at radius 3 is 2.77 bits per heavy atom. The Bertz CT molecular complexity index is 784. The summed E-state index contributed by atoms with van der Waals surface area (Å²) in [6, 6.07) is 10.1. The number of aromatic nitrogens is 2. The van der Waals surface area contributed by atoms with E-state index in [1.54, 1.807) is 0 Å². The molecule has 1 unspecified atom stereocenters. The first kappa shape index (κ1) is 17.0. The van der Waals surface area contributed by atoms with Crippen molar-refractivity contribution < 1.29 is 9.53 Å². The van der Waals surface area contributed by atoms with Gasteiger partial charge < -0.3 is 9.64 Å². The molecule has 1 aromatic heterocycles. The number of nitrogens with zero attached hydrogens (tertiary/aromatic N) is 3. The van der Waals surface area contributed by atoms with Gasteiger partial charge in [-0.15, -0.1) is 0 Å². The Kier molecular flexibility index (Phi) is 4.87. The summed E-state index contributed by atoms with van der Waals surface area (Å²) in [6.07, 6.45) is 5.35. The second kappa shape index (κ2) is 7.44. The predicted molar refractivity (Wildman–Crippen MR) is 99.1 cm³/mol. The van der Waals surface area contributed by atoms with Crippen LogP contribution in [0.15, 0.2) is 36.5 Å². The average molecular weight is 351 g/mol. The van der Waals surface area contributed by atoms with E-state index in [1.807, 2.05) is 42.3 Å². The zero-order chi connectivity index (χ0) is 17.9. The van der Waals surface area contributed by atoms with Crippen molar-refractivity contribution in [2.75, 3.05) is 19.7 Å². The molecule has 1 aromatic carbocycles. The number of ether oxygens (including phenoxy) is 1. The topological polar surface area (TPSA) is 55.3 Å². The summed E-state index contributed by atoms with van der Waals surface area (Å²) >= 11 is 0. The first-order valence-corrected chi connectivity index (χ1v) is 9.50. The molecule has 5 heteroatoms. The minimum atomic E-state index is 0.0245. The number of piperidine rings is 1. The lowest BCUT2D eigenvalue weighted by Crippen LogP contribution is -2.42. The van der Waals surface area contributed by atoms with Gasteiger partial charge in [0.05, 0.1) is 6.61 Å². The molecule has 0 spiro atoms. The van der Waals surface area contributed by atoms with Gasteiger partial charge in [0.15, 0.2) is 0 Å². The zero-order valence-corrected chi connectivity index (χ0v) is 15.2. The van der Waals surface area contributed by atoms with Crippen LogP contribution in [0.2, 0.25) is 0 Å². The van der Waals surface area contributed by atoms with E-state index in [2.05, 4.69) is 16.0 Å². The van der Waals surface area contributed by atoms with Crippen molar-refractivity contribution in [1.82, 2.24) is 14.9 Å². The molecule has 136 valence electrons. The molecule has 2 aliphatic rings. The van der Waals surface area contributed by atoms with Gasteiger partial charge >= 0.3 is 0 Å². The summed E-state index contributed by atoms with van der Waals surface area (Å²) in [4.78, 5) is 23.8. The number of amides is 1. The third kappa shape index (κ3) is 3.57. The van der Waals surface area contributed by atoms with E-state index in [0.717, 1.165) is 61.6 Å². The lowest BCUT2D eigenvalue weighted by molar-refractivity contribution is -0.136. The second-order valence-corrected chi connectivity index (χ2v) is 7.27. The van der Waals surface area contributed by atoms with Crippen LogP contribution in [0.25, 0.3) is 0 Å². The number of hydrogen-bond donors (Lipinski definition) is 0. The molecule has 2 aromatic rings. The largest absolute Gasteiger partial charge is 0.493 e. The second-order valence-electron chi connectivity index (χ2n) is 7.27. The molecule has 0 aliphatic carbocycles. The highest BCUT2D eigenvalue weighted by molar-refractivity contribution is 5.79. The maximum absolute atomic E-state index is 13.1. The van der Waals surface area contributed by atoms with Crippen LogP contribution in [0.4, 0.5) is 0 Å². The SMILES string of the molecule is Cc1nccc(C2CCN(C(=O)C3CCOc4ccccc4C3)CC2)n1. The Morgan fingerprint density at radius 1 is 1.15 bits per heavy atom. The van der Waals surface area contributed by atoms with Crippen molar-refractivity contribution in [1.29, 1.82) is 0 Å². The number of rotatable bonds is 2. The van der Waals surface area contributed by atoms with Crippen LogP contribution in [-0.2, 0) is 11.2 Å². The van der Waals surface area contributed by atoms with Crippen LogP contribution >= 0.6 is 0 Å². The molecule has 26 heavy (non-hydrogen) atoms. The van der Waals surface area contributed by atoms with E-state index in [9.17, 15) is 4.79 Å². The van der Waals surface area contributed by atoms with E-state index in [4.69, 9.17) is 4.74 Å². The minimum absolute atomic E-state index is 0.0245. The number of aryl methyl sites for hydroxylation is 1. The van der Waals surface area contributed by atoms with Crippen molar-refractivity contribution in [2.24, 2.45) is 5.92 Å². The first-order chi connectivity index (χ1) is 12.7. The molecule has 5 nitrogen and oxygen atoms in total. The van der Waals surface area contributed by atoms with Gasteiger partial charge in [0, 0.05) is 36.8 Å². The van der Waals surface area contributed by atoms with Crippen LogP contribution in [0.1, 0.15) is 42.3 Å². The molecule has 0 radical (unpaired) electrons. The van der Waals surface area contributed by atoms with Crippen molar-refractivity contribution in [2.45, 2.75) is 38.5 Å². The van der Waals surface area contributed by atoms with E-state index >= 15 is 0 Å². The summed E-state index contributed by atoms with van der Waals surface area (Å²) in [6.45, 7) is 4.16. The molecule has 1 fully saturated rings. The lowest BCUT2D eigenvalue weighted by atomic mass is 9.90. The Morgan fingerprint density at radius 2 is 1.96 bits per heavy atom. The standard InChI is InChI=1S/C21H25N3O2/c1-15-22-10-6-19(23-15)16-7-11-24(12-8-16)21(25)18-9-13-26-20-5-3-2-4-17(20)14-18/h2-6,10,16,18H,7-9,11-14H2,1H3. The van der Waals surface area contributed by atoms with Gasteiger partial charge in [0.1, 0.15) is 11.6 Å². The quantitative estimate of drug-likeness (QED) is 0.834. The molecule has 0 N–H and O–H groups in total. The molecule has 3 heterocycles. The maximum Gasteiger partial charge on any atom is 0.226 e. The monoisotopic (exact) mass is 351 g/mol. The smallest absolute Gasteiger partial charge is 0.226 e. The van der Waals surface area contributed by atoms with Crippen LogP contribution < -0.4 is 4.74 Å². The van der Waals surface area contributed by atoms with Crippen molar-refractivity contribution in [3.63, 3.8) is 0 Å². The fourth-order valence-electron chi connectivity index (χ4n) is 4.06. The first-order valence-electron chi connectivity index (χ1n) is 9.50. The summed E-state index contributed by atoms with van der Waals surface area (Å²) < 4.78 is 5.82. The van der Waals surface area contributed by atoms with Gasteiger partial charge in [-0.3, -0.25) is 4.79 Å². The summed E-state index contributed by atoms with van der Waals surface area (Å²) in [7, 11) is 0. The van der Waals surface area contributed by atoms with E-state index in [0.29, 0.717) is 12.5 Å². The van der Waals surface area contributed by atoms with Crippen molar-refractivity contribution in [3.8, 4) is 5.75 Å². The normalized spacial score (nSPS) is 20.8. The fraction of sp³-hybridized carbons (Fsp3) is 0.476. The Labute approximate surface area is 154 Å². The molecule has 4 rings (SSSR count). The molecule has 1 atom stereocenters. The zero-order valence-electron chi connectivity index (χ0n) is 15.2. The summed E-state index contributed by atoms with van der Waals surface area (Å²) in [5, 5.41) is 0. The van der Waals surface area contributed by atoms with Gasteiger partial charge in [-0.2, -0.15) is 0 Å². The van der Waals surface area contributed by atoms with E-state index < -0.39 is 0 Å². The molecular weight excluding hydrogens is 326 g/mol. The number of carbonyl (C=O) groups is 1. The van der Waals surface area contributed by atoms with E-state index in [1.165, 1.54) is 0 Å². The molecule has 0 bridgehead atoms. The number of likely N-dealkylation sites (tertiary alicyclic amines) is 1. The molecule has 1 amide bonds. The van der Waals surface area contributed by atoms with E-state index in [-0.39, 0.29) is 11.8 Å². The van der Waals surface area contributed by atoms with Crippen LogP contribution in [-0.4, -0.2) is 40.5 Å². The number of hydrogen-bond acceptors (Lipinski definition) is 4.